The van der Waals surface area contributed by atoms with Crippen molar-refractivity contribution in [1.29, 1.82) is 0 Å². The van der Waals surface area contributed by atoms with Crippen LogP contribution in [0.1, 0.15) is 0 Å². The minimum Gasteiger partial charge on any atom is -0.439 e. The van der Waals surface area contributed by atoms with Gasteiger partial charge in [0.15, 0.2) is 0 Å². The van der Waals surface area contributed by atoms with Gasteiger partial charge in [-0.3, -0.25) is 0 Å². The summed E-state index contributed by atoms with van der Waals surface area (Å²) in [5, 5.41) is 0.505. The predicted molar refractivity (Wildman–Crippen MR) is 68.8 cm³/mol. The van der Waals surface area contributed by atoms with Crippen LogP contribution in [0.5, 0.6) is 11.6 Å². The van der Waals surface area contributed by atoms with Crippen molar-refractivity contribution in [2.45, 2.75) is 4.90 Å². The molecule has 1 aromatic carbocycles. The molecule has 1 heterocycles. The molecule has 0 aliphatic carbocycles. The molecule has 0 saturated heterocycles. The van der Waals surface area contributed by atoms with Crippen LogP contribution in [0.2, 0.25) is 5.02 Å². The normalized spacial score (nSPS) is 11.2. The number of benzene rings is 1. The smallest absolute Gasteiger partial charge is 0.261 e. The molecule has 0 spiro atoms. The first-order valence-corrected chi connectivity index (χ1v) is 7.48. The lowest BCUT2D eigenvalue weighted by molar-refractivity contribution is 0.462. The van der Waals surface area contributed by atoms with Crippen LogP contribution in [0.15, 0.2) is 47.5 Å². The number of rotatable bonds is 3. The third-order valence-corrected chi connectivity index (χ3v) is 3.62. The van der Waals surface area contributed by atoms with E-state index in [1.807, 2.05) is 0 Å². The molecule has 0 aliphatic rings. The first-order valence-electron chi connectivity index (χ1n) is 4.79. The van der Waals surface area contributed by atoms with E-state index in [1.54, 1.807) is 12.1 Å². The number of aromatic nitrogens is 1. The van der Waals surface area contributed by atoms with Crippen LogP contribution in [0.25, 0.3) is 0 Å². The molecular weight excluding hydrogens is 297 g/mol. The summed E-state index contributed by atoms with van der Waals surface area (Å²) in [7, 11) is 1.48. The van der Waals surface area contributed by atoms with Crippen molar-refractivity contribution >= 4 is 31.3 Å². The van der Waals surface area contributed by atoms with Crippen LogP contribution in [0.4, 0.5) is 0 Å². The molecule has 0 saturated carbocycles. The highest BCUT2D eigenvalue weighted by atomic mass is 35.7. The number of nitrogens with zero attached hydrogens (tertiary/aromatic N) is 1. The minimum absolute atomic E-state index is 0.0144. The van der Waals surface area contributed by atoms with Crippen molar-refractivity contribution in [3.05, 3.63) is 47.6 Å². The van der Waals surface area contributed by atoms with Crippen molar-refractivity contribution < 1.29 is 13.2 Å². The maximum atomic E-state index is 11.0. The van der Waals surface area contributed by atoms with Crippen LogP contribution in [0, 0.1) is 0 Å². The van der Waals surface area contributed by atoms with Gasteiger partial charge < -0.3 is 4.74 Å². The second-order valence-electron chi connectivity index (χ2n) is 3.33. The second kappa shape index (κ2) is 5.14. The van der Waals surface area contributed by atoms with Crippen molar-refractivity contribution in [2.75, 3.05) is 0 Å². The fraction of sp³-hybridized carbons (Fsp3) is 0. The monoisotopic (exact) mass is 303 g/mol. The SMILES string of the molecule is O=S(=O)(Cl)c1ccc(Oc2ccc(Cl)cn2)cc1. The van der Waals surface area contributed by atoms with Crippen LogP contribution in [-0.4, -0.2) is 13.4 Å². The summed E-state index contributed by atoms with van der Waals surface area (Å²) in [5.74, 6) is 0.815. The fourth-order valence-electron chi connectivity index (χ4n) is 1.21. The maximum absolute atomic E-state index is 11.0. The first kappa shape index (κ1) is 13.1. The van der Waals surface area contributed by atoms with E-state index in [9.17, 15) is 8.42 Å². The van der Waals surface area contributed by atoms with Crippen molar-refractivity contribution in [3.8, 4) is 11.6 Å². The van der Waals surface area contributed by atoms with E-state index in [2.05, 4.69) is 4.98 Å². The lowest BCUT2D eigenvalue weighted by Gasteiger charge is -2.04. The van der Waals surface area contributed by atoms with Crippen molar-refractivity contribution in [3.63, 3.8) is 0 Å². The zero-order valence-corrected chi connectivity index (χ0v) is 11.2. The fourth-order valence-corrected chi connectivity index (χ4v) is 2.10. The molecule has 0 unspecified atom stereocenters. The summed E-state index contributed by atoms with van der Waals surface area (Å²) >= 11 is 5.69. The van der Waals surface area contributed by atoms with Crippen LogP contribution >= 0.6 is 22.3 Å². The summed E-state index contributed by atoms with van der Waals surface area (Å²) in [5.41, 5.74) is 0. The lowest BCUT2D eigenvalue weighted by atomic mass is 10.3. The third kappa shape index (κ3) is 3.35. The molecule has 18 heavy (non-hydrogen) atoms. The Bertz CT molecular complexity index is 639. The summed E-state index contributed by atoms with van der Waals surface area (Å²) in [6.45, 7) is 0. The van der Waals surface area contributed by atoms with Gasteiger partial charge in [0.05, 0.1) is 9.92 Å². The van der Waals surface area contributed by atoms with E-state index in [0.717, 1.165) is 0 Å². The maximum Gasteiger partial charge on any atom is 0.261 e. The van der Waals surface area contributed by atoms with E-state index >= 15 is 0 Å². The molecule has 0 atom stereocenters. The Kier molecular flexibility index (Phi) is 3.75. The van der Waals surface area contributed by atoms with Gasteiger partial charge in [-0.1, -0.05) is 11.6 Å². The molecule has 0 fully saturated rings. The Labute approximate surface area is 114 Å². The van der Waals surface area contributed by atoms with Gasteiger partial charge in [-0.05, 0) is 30.3 Å². The summed E-state index contributed by atoms with van der Waals surface area (Å²) in [6.07, 6.45) is 1.45. The van der Waals surface area contributed by atoms with E-state index in [0.29, 0.717) is 16.7 Å². The van der Waals surface area contributed by atoms with E-state index in [4.69, 9.17) is 27.0 Å². The van der Waals surface area contributed by atoms with E-state index in [-0.39, 0.29) is 4.90 Å². The zero-order chi connectivity index (χ0) is 13.2. The highest BCUT2D eigenvalue weighted by molar-refractivity contribution is 8.13. The zero-order valence-electron chi connectivity index (χ0n) is 8.88. The largest absolute Gasteiger partial charge is 0.439 e. The van der Waals surface area contributed by atoms with E-state index in [1.165, 1.54) is 30.5 Å². The summed E-state index contributed by atoms with van der Waals surface area (Å²) in [4.78, 5) is 3.96. The van der Waals surface area contributed by atoms with Gasteiger partial charge in [-0.15, -0.1) is 0 Å². The summed E-state index contributed by atoms with van der Waals surface area (Å²) in [6, 6.07) is 8.94. The highest BCUT2D eigenvalue weighted by Gasteiger charge is 2.09. The topological polar surface area (TPSA) is 56.3 Å². The Morgan fingerprint density at radius 2 is 1.72 bits per heavy atom. The van der Waals surface area contributed by atoms with Gasteiger partial charge in [-0.25, -0.2) is 13.4 Å². The standard InChI is InChI=1S/C11H7Cl2NO3S/c12-8-1-6-11(14-7-8)17-9-2-4-10(5-3-9)18(13,15)16/h1-7H. The van der Waals surface area contributed by atoms with Gasteiger partial charge >= 0.3 is 0 Å². The van der Waals surface area contributed by atoms with Crippen molar-refractivity contribution in [1.82, 2.24) is 4.98 Å². The molecule has 0 radical (unpaired) electrons. The molecule has 7 heteroatoms. The van der Waals surface area contributed by atoms with Crippen LogP contribution < -0.4 is 4.74 Å². The predicted octanol–water partition coefficient (Wildman–Crippen LogP) is 3.45. The molecular formula is C11H7Cl2NO3S. The number of hydrogen-bond donors (Lipinski definition) is 0. The molecule has 0 amide bonds. The Morgan fingerprint density at radius 3 is 2.22 bits per heavy atom. The Morgan fingerprint density at radius 1 is 1.06 bits per heavy atom. The minimum atomic E-state index is -3.71. The molecule has 94 valence electrons. The number of halogens is 2. The average molecular weight is 304 g/mol. The Balaban J connectivity index is 2.18. The number of pyridine rings is 1. The molecule has 0 bridgehead atoms. The van der Waals surface area contributed by atoms with E-state index < -0.39 is 9.05 Å². The van der Waals surface area contributed by atoms with Gasteiger partial charge in [0.25, 0.3) is 9.05 Å². The van der Waals surface area contributed by atoms with Crippen LogP contribution in [-0.2, 0) is 9.05 Å². The average Bonchev–Trinajstić information content (AvgIpc) is 2.32. The first-order chi connectivity index (χ1) is 8.45. The van der Waals surface area contributed by atoms with Gasteiger partial charge in [-0.2, -0.15) is 0 Å². The molecule has 4 nitrogen and oxygen atoms in total. The molecule has 2 rings (SSSR count). The molecule has 0 N–H and O–H groups in total. The van der Waals surface area contributed by atoms with Gasteiger partial charge in [0.1, 0.15) is 5.75 Å². The lowest BCUT2D eigenvalue weighted by Crippen LogP contribution is -1.91. The summed E-state index contributed by atoms with van der Waals surface area (Å²) < 4.78 is 27.5. The second-order valence-corrected chi connectivity index (χ2v) is 6.33. The quantitative estimate of drug-likeness (QED) is 0.815. The number of hydrogen-bond acceptors (Lipinski definition) is 4. The molecule has 2 aromatic rings. The van der Waals surface area contributed by atoms with Gasteiger partial charge in [0.2, 0.25) is 5.88 Å². The van der Waals surface area contributed by atoms with Crippen molar-refractivity contribution in [2.24, 2.45) is 0 Å². The Hall–Kier alpha value is -1.30. The highest BCUT2D eigenvalue weighted by Crippen LogP contribution is 2.23. The molecule has 0 aliphatic heterocycles. The number of ether oxygens (including phenoxy) is 1. The van der Waals surface area contributed by atoms with Crippen LogP contribution in [0.3, 0.4) is 0 Å². The van der Waals surface area contributed by atoms with Gasteiger partial charge in [0, 0.05) is 22.9 Å². The molecule has 1 aromatic heterocycles. The third-order valence-electron chi connectivity index (χ3n) is 2.03.